The number of carboxylic acid groups (broad SMARTS) is 1. The third-order valence-electron chi connectivity index (χ3n) is 2.52. The fraction of sp³-hybridized carbons (Fsp3) is 0.583. The molecule has 0 saturated carbocycles. The highest BCUT2D eigenvalue weighted by Gasteiger charge is 2.12. The van der Waals surface area contributed by atoms with Crippen molar-refractivity contribution >= 4 is 17.3 Å². The van der Waals surface area contributed by atoms with Gasteiger partial charge in [0.05, 0.1) is 0 Å². The van der Waals surface area contributed by atoms with Gasteiger partial charge in [-0.1, -0.05) is 19.8 Å². The van der Waals surface area contributed by atoms with Crippen molar-refractivity contribution < 1.29 is 9.90 Å². The molecule has 0 radical (unpaired) electrons. The predicted molar refractivity (Wildman–Crippen MR) is 67.1 cm³/mol. The van der Waals surface area contributed by atoms with E-state index in [0.717, 1.165) is 18.7 Å². The van der Waals surface area contributed by atoms with E-state index in [9.17, 15) is 4.79 Å². The molecule has 0 atom stereocenters. The van der Waals surface area contributed by atoms with Crippen LogP contribution in [0.25, 0.3) is 0 Å². The number of hydrogen-bond acceptors (Lipinski definition) is 3. The van der Waals surface area contributed by atoms with Crippen molar-refractivity contribution in [2.45, 2.75) is 32.7 Å². The summed E-state index contributed by atoms with van der Waals surface area (Å²) in [6.45, 7) is 3.94. The summed E-state index contributed by atoms with van der Waals surface area (Å²) in [5.74, 6) is -0.813. The van der Waals surface area contributed by atoms with Gasteiger partial charge in [-0.05, 0) is 37.0 Å². The van der Waals surface area contributed by atoms with Gasteiger partial charge in [0.1, 0.15) is 4.88 Å². The second kappa shape index (κ2) is 6.66. The molecule has 0 fully saturated rings. The van der Waals surface area contributed by atoms with Crippen LogP contribution >= 0.6 is 11.3 Å². The number of carbonyl (C=O) groups is 1. The fourth-order valence-corrected chi connectivity index (χ4v) is 2.40. The zero-order valence-corrected chi connectivity index (χ0v) is 10.7. The quantitative estimate of drug-likeness (QED) is 0.746. The van der Waals surface area contributed by atoms with Gasteiger partial charge in [-0.25, -0.2) is 4.79 Å². The Morgan fingerprint density at radius 2 is 2.25 bits per heavy atom. The van der Waals surface area contributed by atoms with Crippen molar-refractivity contribution in [3.63, 3.8) is 0 Å². The van der Waals surface area contributed by atoms with Crippen LogP contribution in [0.5, 0.6) is 0 Å². The van der Waals surface area contributed by atoms with E-state index in [2.05, 4.69) is 11.8 Å². The van der Waals surface area contributed by atoms with Crippen LogP contribution in [0, 0.1) is 0 Å². The highest BCUT2D eigenvalue weighted by Crippen LogP contribution is 2.18. The van der Waals surface area contributed by atoms with Crippen molar-refractivity contribution in [3.05, 3.63) is 21.9 Å². The molecular weight excluding hydrogens is 222 g/mol. The summed E-state index contributed by atoms with van der Waals surface area (Å²) in [4.78, 5) is 13.6. The third kappa shape index (κ3) is 3.94. The summed E-state index contributed by atoms with van der Waals surface area (Å²) in [6, 6.07) is 1.91. The van der Waals surface area contributed by atoms with Crippen LogP contribution in [-0.2, 0) is 6.54 Å². The highest BCUT2D eigenvalue weighted by atomic mass is 32.1. The Morgan fingerprint density at radius 1 is 1.50 bits per heavy atom. The van der Waals surface area contributed by atoms with Crippen molar-refractivity contribution in [3.8, 4) is 0 Å². The minimum atomic E-state index is -0.813. The normalized spacial score (nSPS) is 10.9. The monoisotopic (exact) mass is 241 g/mol. The van der Waals surface area contributed by atoms with E-state index in [4.69, 9.17) is 5.11 Å². The lowest BCUT2D eigenvalue weighted by atomic mass is 10.2. The van der Waals surface area contributed by atoms with Crippen LogP contribution in [0.2, 0.25) is 0 Å². The van der Waals surface area contributed by atoms with E-state index in [1.807, 2.05) is 18.5 Å². The minimum absolute atomic E-state index is 0.474. The molecule has 90 valence electrons. The molecule has 0 amide bonds. The second-order valence-corrected chi connectivity index (χ2v) is 4.94. The Bertz CT molecular complexity index is 336. The number of hydrogen-bond donors (Lipinski definition) is 1. The molecule has 1 N–H and O–H groups in total. The number of unbranched alkanes of at least 4 members (excludes halogenated alkanes) is 2. The van der Waals surface area contributed by atoms with Crippen LogP contribution in [0.3, 0.4) is 0 Å². The second-order valence-electron chi connectivity index (χ2n) is 4.03. The molecule has 16 heavy (non-hydrogen) atoms. The summed E-state index contributed by atoms with van der Waals surface area (Å²) in [5.41, 5.74) is 0.927. The Hall–Kier alpha value is -0.870. The predicted octanol–water partition coefficient (Wildman–Crippen LogP) is 3.07. The molecule has 0 spiro atoms. The fourth-order valence-electron chi connectivity index (χ4n) is 1.65. The Balaban J connectivity index is 2.46. The van der Waals surface area contributed by atoms with Gasteiger partial charge in [0, 0.05) is 6.54 Å². The maximum atomic E-state index is 10.9. The molecule has 0 aliphatic rings. The van der Waals surface area contributed by atoms with Gasteiger partial charge in [-0.2, -0.15) is 0 Å². The lowest BCUT2D eigenvalue weighted by Crippen LogP contribution is -2.19. The summed E-state index contributed by atoms with van der Waals surface area (Å²) >= 11 is 1.30. The topological polar surface area (TPSA) is 40.5 Å². The van der Waals surface area contributed by atoms with Gasteiger partial charge >= 0.3 is 5.97 Å². The van der Waals surface area contributed by atoms with Gasteiger partial charge < -0.3 is 10.0 Å². The van der Waals surface area contributed by atoms with Crippen molar-refractivity contribution in [2.75, 3.05) is 13.6 Å². The van der Waals surface area contributed by atoms with Crippen LogP contribution in [-0.4, -0.2) is 29.6 Å². The van der Waals surface area contributed by atoms with E-state index in [1.54, 1.807) is 0 Å². The molecule has 0 aromatic carbocycles. The molecule has 1 heterocycles. The van der Waals surface area contributed by atoms with Gasteiger partial charge in [0.2, 0.25) is 0 Å². The Kier molecular flexibility index (Phi) is 5.49. The lowest BCUT2D eigenvalue weighted by Gasteiger charge is -2.15. The first-order valence-corrected chi connectivity index (χ1v) is 6.51. The van der Waals surface area contributed by atoms with Crippen LogP contribution in [0.1, 0.15) is 41.4 Å². The number of rotatable bonds is 7. The molecule has 0 unspecified atom stereocenters. The summed E-state index contributed by atoms with van der Waals surface area (Å²) < 4.78 is 0. The van der Waals surface area contributed by atoms with E-state index >= 15 is 0 Å². The van der Waals surface area contributed by atoms with E-state index in [1.165, 1.54) is 30.6 Å². The molecule has 1 aromatic rings. The number of nitrogens with zero attached hydrogens (tertiary/aromatic N) is 1. The van der Waals surface area contributed by atoms with Crippen LogP contribution < -0.4 is 0 Å². The minimum Gasteiger partial charge on any atom is -0.477 e. The zero-order valence-electron chi connectivity index (χ0n) is 9.90. The summed E-state index contributed by atoms with van der Waals surface area (Å²) in [5, 5.41) is 10.8. The van der Waals surface area contributed by atoms with Gasteiger partial charge in [-0.15, -0.1) is 11.3 Å². The van der Waals surface area contributed by atoms with Gasteiger partial charge in [-0.3, -0.25) is 0 Å². The molecule has 0 aliphatic carbocycles. The molecule has 0 aliphatic heterocycles. The molecular formula is C12H19NO2S. The number of carboxylic acids is 1. The summed E-state index contributed by atoms with van der Waals surface area (Å²) in [6.07, 6.45) is 3.63. The van der Waals surface area contributed by atoms with Crippen molar-refractivity contribution in [1.82, 2.24) is 4.90 Å². The van der Waals surface area contributed by atoms with Crippen LogP contribution in [0.15, 0.2) is 11.4 Å². The van der Waals surface area contributed by atoms with Crippen LogP contribution in [0.4, 0.5) is 0 Å². The maximum absolute atomic E-state index is 10.9. The standard InChI is InChI=1S/C12H19NO2S/c1-3-4-5-7-13(2)9-10-6-8-16-11(10)12(14)15/h6,8H,3-5,7,9H2,1-2H3,(H,14,15). The molecule has 0 saturated heterocycles. The van der Waals surface area contributed by atoms with Gasteiger partial charge in [0.15, 0.2) is 0 Å². The first-order valence-electron chi connectivity index (χ1n) is 5.63. The maximum Gasteiger partial charge on any atom is 0.346 e. The smallest absolute Gasteiger partial charge is 0.346 e. The molecule has 4 heteroatoms. The SMILES string of the molecule is CCCCCN(C)Cc1ccsc1C(=O)O. The van der Waals surface area contributed by atoms with Crippen molar-refractivity contribution in [1.29, 1.82) is 0 Å². The molecule has 1 rings (SSSR count). The Labute approximate surface area is 101 Å². The number of thiophene rings is 1. The van der Waals surface area contributed by atoms with E-state index in [0.29, 0.717) is 4.88 Å². The molecule has 1 aromatic heterocycles. The molecule has 0 bridgehead atoms. The number of aromatic carboxylic acids is 1. The van der Waals surface area contributed by atoms with Gasteiger partial charge in [0.25, 0.3) is 0 Å². The van der Waals surface area contributed by atoms with E-state index < -0.39 is 5.97 Å². The third-order valence-corrected chi connectivity index (χ3v) is 3.47. The zero-order chi connectivity index (χ0) is 12.0. The average Bonchev–Trinajstić information content (AvgIpc) is 2.66. The van der Waals surface area contributed by atoms with Crippen molar-refractivity contribution in [2.24, 2.45) is 0 Å². The largest absolute Gasteiger partial charge is 0.477 e. The summed E-state index contributed by atoms with van der Waals surface area (Å²) in [7, 11) is 2.04. The van der Waals surface area contributed by atoms with E-state index in [-0.39, 0.29) is 0 Å². The first kappa shape index (κ1) is 13.2. The lowest BCUT2D eigenvalue weighted by molar-refractivity contribution is 0.0700. The highest BCUT2D eigenvalue weighted by molar-refractivity contribution is 7.12. The Morgan fingerprint density at radius 3 is 2.88 bits per heavy atom. The first-order chi connectivity index (χ1) is 7.65. The molecule has 3 nitrogen and oxygen atoms in total. The average molecular weight is 241 g/mol.